The van der Waals surface area contributed by atoms with E-state index in [0.29, 0.717) is 18.8 Å². The van der Waals surface area contributed by atoms with Crippen molar-refractivity contribution in [2.75, 3.05) is 20.3 Å². The minimum atomic E-state index is -0.580. The summed E-state index contributed by atoms with van der Waals surface area (Å²) in [6.45, 7) is 0.876. The highest BCUT2D eigenvalue weighted by Gasteiger charge is 2.20. The molecule has 0 saturated heterocycles. The van der Waals surface area contributed by atoms with E-state index in [1.165, 1.54) is 11.7 Å². The van der Waals surface area contributed by atoms with Gasteiger partial charge in [-0.15, -0.1) is 0 Å². The van der Waals surface area contributed by atoms with E-state index in [4.69, 9.17) is 4.74 Å². The lowest BCUT2D eigenvalue weighted by Crippen LogP contribution is -2.44. The zero-order valence-electron chi connectivity index (χ0n) is 18.3. The number of methoxy groups -OCH3 is 1. The van der Waals surface area contributed by atoms with Gasteiger partial charge in [-0.3, -0.25) is 14.2 Å². The first kappa shape index (κ1) is 22.2. The average molecular weight is 447 g/mol. The number of aromatic nitrogens is 4. The van der Waals surface area contributed by atoms with Crippen molar-refractivity contribution in [1.82, 2.24) is 24.0 Å². The first-order valence-corrected chi connectivity index (χ1v) is 10.6. The molecule has 4 rings (SSSR count). The summed E-state index contributed by atoms with van der Waals surface area (Å²) in [5.41, 5.74) is 1.31. The van der Waals surface area contributed by atoms with Crippen LogP contribution in [0.5, 0.6) is 0 Å². The van der Waals surface area contributed by atoms with Crippen LogP contribution in [-0.4, -0.2) is 44.9 Å². The molecule has 0 unspecified atom stereocenters. The minimum Gasteiger partial charge on any atom is -0.383 e. The molecule has 0 aliphatic heterocycles. The van der Waals surface area contributed by atoms with E-state index in [0.717, 1.165) is 15.7 Å². The summed E-state index contributed by atoms with van der Waals surface area (Å²) >= 11 is 0. The van der Waals surface area contributed by atoms with Crippen LogP contribution in [0.15, 0.2) is 76.6 Å². The number of carbonyl (C=O) groups excluding carboxylic acids is 1. The molecule has 4 aromatic rings. The summed E-state index contributed by atoms with van der Waals surface area (Å²) in [5, 5.41) is 2.66. The lowest BCUT2D eigenvalue weighted by atomic mass is 10.2. The Balaban J connectivity index is 1.81. The molecule has 9 heteroatoms. The van der Waals surface area contributed by atoms with E-state index < -0.39 is 17.2 Å². The predicted molar refractivity (Wildman–Crippen MR) is 124 cm³/mol. The van der Waals surface area contributed by atoms with Gasteiger partial charge in [0.05, 0.1) is 19.5 Å². The molecule has 1 N–H and O–H groups in total. The number of imidazole rings is 1. The standard InChI is InChI=1S/C24H25N5O4/c1-33-13-12-25-20(30)16-29-23(31)21-22(26-17-27(21)14-18-8-4-2-5-9-18)28(24(29)32)15-19-10-6-3-7-11-19/h2-11,17H,12-16H2,1H3,(H,25,30). The van der Waals surface area contributed by atoms with E-state index >= 15 is 0 Å². The van der Waals surface area contributed by atoms with Gasteiger partial charge >= 0.3 is 5.69 Å². The minimum absolute atomic E-state index is 0.226. The number of benzene rings is 2. The molecular weight excluding hydrogens is 422 g/mol. The Bertz CT molecular complexity index is 1360. The van der Waals surface area contributed by atoms with Crippen molar-refractivity contribution < 1.29 is 9.53 Å². The first-order chi connectivity index (χ1) is 16.1. The number of nitrogens with zero attached hydrogens (tertiary/aromatic N) is 4. The molecule has 33 heavy (non-hydrogen) atoms. The fourth-order valence-corrected chi connectivity index (χ4v) is 3.68. The molecule has 0 fully saturated rings. The number of hydrogen-bond acceptors (Lipinski definition) is 5. The Hall–Kier alpha value is -3.98. The highest BCUT2D eigenvalue weighted by Crippen LogP contribution is 2.12. The SMILES string of the molecule is COCCNC(=O)Cn1c(=O)c2c(ncn2Cc2ccccc2)n(Cc2ccccc2)c1=O. The van der Waals surface area contributed by atoms with Crippen LogP contribution in [0.2, 0.25) is 0 Å². The van der Waals surface area contributed by atoms with E-state index in [1.54, 1.807) is 10.9 Å². The number of amides is 1. The molecule has 2 aromatic heterocycles. The Morgan fingerprint density at radius 2 is 1.58 bits per heavy atom. The maximum atomic E-state index is 13.4. The van der Waals surface area contributed by atoms with Crippen molar-refractivity contribution in [3.05, 3.63) is 99.0 Å². The van der Waals surface area contributed by atoms with Gasteiger partial charge in [0.15, 0.2) is 11.2 Å². The zero-order valence-corrected chi connectivity index (χ0v) is 18.3. The highest BCUT2D eigenvalue weighted by atomic mass is 16.5. The van der Waals surface area contributed by atoms with E-state index in [9.17, 15) is 14.4 Å². The molecule has 9 nitrogen and oxygen atoms in total. The summed E-state index contributed by atoms with van der Waals surface area (Å²) in [7, 11) is 1.53. The number of rotatable bonds is 9. The van der Waals surface area contributed by atoms with Gasteiger partial charge in [-0.05, 0) is 11.1 Å². The Morgan fingerprint density at radius 1 is 0.939 bits per heavy atom. The molecule has 0 spiro atoms. The third kappa shape index (κ3) is 4.93. The smallest absolute Gasteiger partial charge is 0.333 e. The summed E-state index contributed by atoms with van der Waals surface area (Å²) in [5.74, 6) is -0.439. The van der Waals surface area contributed by atoms with Crippen LogP contribution in [0, 0.1) is 0 Å². The van der Waals surface area contributed by atoms with Crippen molar-refractivity contribution in [2.45, 2.75) is 19.6 Å². The van der Waals surface area contributed by atoms with E-state index in [-0.39, 0.29) is 25.2 Å². The molecule has 0 bridgehead atoms. The normalized spacial score (nSPS) is 11.1. The summed E-state index contributed by atoms with van der Waals surface area (Å²) in [6, 6.07) is 19.1. The predicted octanol–water partition coefficient (Wildman–Crippen LogP) is 1.22. The summed E-state index contributed by atoms with van der Waals surface area (Å²) in [6.07, 6.45) is 1.56. The lowest BCUT2D eigenvalue weighted by Gasteiger charge is -2.13. The lowest BCUT2D eigenvalue weighted by molar-refractivity contribution is -0.121. The monoisotopic (exact) mass is 447 g/mol. The van der Waals surface area contributed by atoms with Crippen molar-refractivity contribution in [1.29, 1.82) is 0 Å². The second kappa shape index (κ2) is 10.1. The molecule has 0 aliphatic carbocycles. The van der Waals surface area contributed by atoms with Gasteiger partial charge in [0.25, 0.3) is 5.56 Å². The van der Waals surface area contributed by atoms with Crippen molar-refractivity contribution in [2.24, 2.45) is 0 Å². The maximum absolute atomic E-state index is 13.4. The molecule has 0 aliphatic rings. The van der Waals surface area contributed by atoms with Crippen LogP contribution in [-0.2, 0) is 29.2 Å². The van der Waals surface area contributed by atoms with Gasteiger partial charge in [-0.25, -0.2) is 14.3 Å². The third-order valence-corrected chi connectivity index (χ3v) is 5.29. The van der Waals surface area contributed by atoms with Crippen LogP contribution >= 0.6 is 0 Å². The molecule has 0 atom stereocenters. The maximum Gasteiger partial charge on any atom is 0.333 e. The average Bonchev–Trinajstić information content (AvgIpc) is 3.24. The van der Waals surface area contributed by atoms with Crippen LogP contribution in [0.4, 0.5) is 0 Å². The van der Waals surface area contributed by atoms with Crippen LogP contribution in [0.25, 0.3) is 11.2 Å². The Kier molecular flexibility index (Phi) is 6.80. The first-order valence-electron chi connectivity index (χ1n) is 10.6. The molecule has 2 aromatic carbocycles. The largest absolute Gasteiger partial charge is 0.383 e. The molecule has 2 heterocycles. The van der Waals surface area contributed by atoms with Crippen molar-refractivity contribution >= 4 is 17.1 Å². The van der Waals surface area contributed by atoms with Crippen molar-refractivity contribution in [3.63, 3.8) is 0 Å². The summed E-state index contributed by atoms with van der Waals surface area (Å²) < 4.78 is 9.06. The second-order valence-corrected chi connectivity index (χ2v) is 7.62. The van der Waals surface area contributed by atoms with Gasteiger partial charge in [-0.1, -0.05) is 60.7 Å². The number of carbonyl (C=O) groups is 1. The van der Waals surface area contributed by atoms with Gasteiger partial charge < -0.3 is 14.6 Å². The fraction of sp³-hybridized carbons (Fsp3) is 0.250. The molecular formula is C24H25N5O4. The van der Waals surface area contributed by atoms with Crippen LogP contribution in [0.1, 0.15) is 11.1 Å². The molecule has 0 radical (unpaired) electrons. The number of fused-ring (bicyclic) bond motifs is 1. The van der Waals surface area contributed by atoms with Crippen LogP contribution in [0.3, 0.4) is 0 Å². The topological polar surface area (TPSA) is 100 Å². The number of nitrogens with one attached hydrogen (secondary N) is 1. The van der Waals surface area contributed by atoms with Gasteiger partial charge in [0.2, 0.25) is 5.91 Å². The summed E-state index contributed by atoms with van der Waals surface area (Å²) in [4.78, 5) is 43.5. The molecule has 0 saturated carbocycles. The van der Waals surface area contributed by atoms with Crippen LogP contribution < -0.4 is 16.6 Å². The number of ether oxygens (including phenoxy) is 1. The Morgan fingerprint density at radius 3 is 2.21 bits per heavy atom. The molecule has 1 amide bonds. The van der Waals surface area contributed by atoms with Gasteiger partial charge in [-0.2, -0.15) is 0 Å². The second-order valence-electron chi connectivity index (χ2n) is 7.62. The van der Waals surface area contributed by atoms with Gasteiger partial charge in [0, 0.05) is 20.2 Å². The third-order valence-electron chi connectivity index (χ3n) is 5.29. The van der Waals surface area contributed by atoms with E-state index in [1.807, 2.05) is 60.7 Å². The molecule has 170 valence electrons. The number of hydrogen-bond donors (Lipinski definition) is 1. The zero-order chi connectivity index (χ0) is 23.2. The van der Waals surface area contributed by atoms with E-state index in [2.05, 4.69) is 10.3 Å². The van der Waals surface area contributed by atoms with Gasteiger partial charge in [0.1, 0.15) is 6.54 Å². The quantitative estimate of drug-likeness (QED) is 0.389. The highest BCUT2D eigenvalue weighted by molar-refractivity contribution is 5.76. The fourth-order valence-electron chi connectivity index (χ4n) is 3.68. The van der Waals surface area contributed by atoms with Crippen molar-refractivity contribution in [3.8, 4) is 0 Å². The Labute approximate surface area is 189 Å².